The Labute approximate surface area is 117 Å². The molecule has 6 heteroatoms. The predicted octanol–water partition coefficient (Wildman–Crippen LogP) is 2.94. The van der Waals surface area contributed by atoms with Gasteiger partial charge in [0, 0.05) is 9.37 Å². The molecule has 0 bridgehead atoms. The summed E-state index contributed by atoms with van der Waals surface area (Å²) in [6.45, 7) is 0. The van der Waals surface area contributed by atoms with Crippen molar-refractivity contribution in [1.82, 2.24) is 5.43 Å². The van der Waals surface area contributed by atoms with Gasteiger partial charge in [-0.2, -0.15) is 0 Å². The Morgan fingerprint density at radius 2 is 2.28 bits per heavy atom. The minimum absolute atomic E-state index is 0.339. The number of hydrogen-bond acceptors (Lipinski definition) is 4. The molecule has 1 amide bonds. The highest BCUT2D eigenvalue weighted by Gasteiger charge is 2.13. The number of amides is 1. The van der Waals surface area contributed by atoms with Crippen LogP contribution in [0.15, 0.2) is 50.4 Å². The Morgan fingerprint density at radius 3 is 3.00 bits per heavy atom. The molecular formula is C12H11BrN2O2S. The molecule has 94 valence electrons. The summed E-state index contributed by atoms with van der Waals surface area (Å²) in [6.07, 6.45) is 1.49. The van der Waals surface area contributed by atoms with E-state index in [0.29, 0.717) is 17.1 Å². The molecule has 0 unspecified atom stereocenters. The average molecular weight is 327 g/mol. The minimum atomic E-state index is -0.339. The molecule has 0 atom stereocenters. The maximum atomic E-state index is 11.4. The van der Waals surface area contributed by atoms with E-state index >= 15 is 0 Å². The lowest BCUT2D eigenvalue weighted by Gasteiger charge is -2.02. The lowest BCUT2D eigenvalue weighted by Crippen LogP contribution is -2.30. The van der Waals surface area contributed by atoms with Crippen molar-refractivity contribution in [2.45, 2.75) is 10.6 Å². The van der Waals surface area contributed by atoms with Crippen LogP contribution in [0.3, 0.4) is 0 Å². The van der Waals surface area contributed by atoms with E-state index < -0.39 is 0 Å². The third-order valence-electron chi connectivity index (χ3n) is 2.29. The Hall–Kier alpha value is -1.24. The third-order valence-corrected chi connectivity index (χ3v) is 3.77. The van der Waals surface area contributed by atoms with Crippen LogP contribution < -0.4 is 11.3 Å². The van der Waals surface area contributed by atoms with Gasteiger partial charge in [-0.25, -0.2) is 5.84 Å². The Bertz CT molecular complexity index is 557. The van der Waals surface area contributed by atoms with E-state index in [4.69, 9.17) is 10.3 Å². The number of nitrogens with one attached hydrogen (secondary N) is 1. The van der Waals surface area contributed by atoms with Gasteiger partial charge in [-0.1, -0.05) is 22.0 Å². The summed E-state index contributed by atoms with van der Waals surface area (Å²) in [7, 11) is 0. The van der Waals surface area contributed by atoms with Gasteiger partial charge in [-0.3, -0.25) is 10.2 Å². The van der Waals surface area contributed by atoms with E-state index in [1.165, 1.54) is 6.26 Å². The molecule has 0 saturated heterocycles. The van der Waals surface area contributed by atoms with Gasteiger partial charge in [0.15, 0.2) is 0 Å². The number of halogens is 1. The van der Waals surface area contributed by atoms with E-state index in [1.54, 1.807) is 17.8 Å². The highest BCUT2D eigenvalue weighted by atomic mass is 79.9. The number of furan rings is 1. The number of carbonyl (C=O) groups excluding carboxylic acids is 1. The van der Waals surface area contributed by atoms with Crippen LogP contribution in [0.5, 0.6) is 0 Å². The van der Waals surface area contributed by atoms with Crippen molar-refractivity contribution in [3.05, 3.63) is 52.4 Å². The van der Waals surface area contributed by atoms with Gasteiger partial charge < -0.3 is 4.42 Å². The van der Waals surface area contributed by atoms with E-state index in [2.05, 4.69) is 21.4 Å². The fraction of sp³-hybridized carbons (Fsp3) is 0.0833. The molecule has 18 heavy (non-hydrogen) atoms. The average Bonchev–Trinajstić information content (AvgIpc) is 2.84. The molecular weight excluding hydrogens is 316 g/mol. The maximum Gasteiger partial charge on any atom is 0.268 e. The smallest absolute Gasteiger partial charge is 0.268 e. The van der Waals surface area contributed by atoms with Gasteiger partial charge in [-0.05, 0) is 24.3 Å². The lowest BCUT2D eigenvalue weighted by atomic mass is 10.2. The SMILES string of the molecule is NNC(=O)c1ccoc1CSc1cccc(Br)c1. The van der Waals surface area contributed by atoms with Crippen molar-refractivity contribution in [3.63, 3.8) is 0 Å². The van der Waals surface area contributed by atoms with Crippen molar-refractivity contribution in [2.24, 2.45) is 5.84 Å². The number of carbonyl (C=O) groups is 1. The first kappa shape index (κ1) is 13.2. The topological polar surface area (TPSA) is 68.3 Å². The Morgan fingerprint density at radius 1 is 1.44 bits per heavy atom. The first-order valence-corrected chi connectivity index (χ1v) is 6.94. The minimum Gasteiger partial charge on any atom is -0.468 e. The normalized spacial score (nSPS) is 10.3. The zero-order valence-electron chi connectivity index (χ0n) is 9.35. The van der Waals surface area contributed by atoms with Crippen LogP contribution in [0.4, 0.5) is 0 Å². The lowest BCUT2D eigenvalue weighted by molar-refractivity contribution is 0.0952. The van der Waals surface area contributed by atoms with E-state index in [1.807, 2.05) is 24.3 Å². The van der Waals surface area contributed by atoms with Crippen LogP contribution in [0.1, 0.15) is 16.1 Å². The summed E-state index contributed by atoms with van der Waals surface area (Å²) in [5.41, 5.74) is 2.57. The fourth-order valence-corrected chi connectivity index (χ4v) is 2.90. The monoisotopic (exact) mass is 326 g/mol. The second-order valence-electron chi connectivity index (χ2n) is 3.48. The number of nitrogens with two attached hydrogens (primary N) is 1. The zero-order valence-corrected chi connectivity index (χ0v) is 11.8. The van der Waals surface area contributed by atoms with E-state index in [-0.39, 0.29) is 5.91 Å². The molecule has 4 nitrogen and oxygen atoms in total. The van der Waals surface area contributed by atoms with E-state index in [9.17, 15) is 4.79 Å². The molecule has 2 aromatic rings. The quantitative estimate of drug-likeness (QED) is 0.392. The van der Waals surface area contributed by atoms with Crippen LogP contribution in [0, 0.1) is 0 Å². The molecule has 1 heterocycles. The van der Waals surface area contributed by atoms with Gasteiger partial charge >= 0.3 is 0 Å². The molecule has 0 aliphatic rings. The van der Waals surface area contributed by atoms with Crippen molar-refractivity contribution in [1.29, 1.82) is 0 Å². The standard InChI is InChI=1S/C12H11BrN2O2S/c13-8-2-1-3-9(6-8)18-7-11-10(4-5-17-11)12(16)15-14/h1-6H,7,14H2,(H,15,16). The van der Waals surface area contributed by atoms with Gasteiger partial charge in [0.05, 0.1) is 17.6 Å². The summed E-state index contributed by atoms with van der Waals surface area (Å²) in [5, 5.41) is 0. The third kappa shape index (κ3) is 3.16. The molecule has 1 aromatic carbocycles. The van der Waals surface area contributed by atoms with Crippen LogP contribution in [0.2, 0.25) is 0 Å². The number of hydrogen-bond donors (Lipinski definition) is 2. The fourth-order valence-electron chi connectivity index (χ4n) is 1.44. The Kier molecular flexibility index (Phi) is 4.46. The molecule has 0 saturated carbocycles. The summed E-state index contributed by atoms with van der Waals surface area (Å²) in [4.78, 5) is 12.5. The number of benzene rings is 1. The van der Waals surface area contributed by atoms with Crippen LogP contribution >= 0.6 is 27.7 Å². The molecule has 1 aromatic heterocycles. The second kappa shape index (κ2) is 6.08. The number of rotatable bonds is 4. The molecule has 0 aliphatic carbocycles. The van der Waals surface area contributed by atoms with Crippen LogP contribution in [-0.2, 0) is 5.75 Å². The largest absolute Gasteiger partial charge is 0.468 e. The summed E-state index contributed by atoms with van der Waals surface area (Å²) < 4.78 is 6.31. The summed E-state index contributed by atoms with van der Waals surface area (Å²) in [5.74, 6) is 5.96. The van der Waals surface area contributed by atoms with Crippen LogP contribution in [0.25, 0.3) is 0 Å². The second-order valence-corrected chi connectivity index (χ2v) is 5.44. The highest BCUT2D eigenvalue weighted by molar-refractivity contribution is 9.10. The zero-order chi connectivity index (χ0) is 13.0. The molecule has 3 N–H and O–H groups in total. The predicted molar refractivity (Wildman–Crippen MR) is 74.1 cm³/mol. The van der Waals surface area contributed by atoms with Gasteiger partial charge in [0.1, 0.15) is 5.76 Å². The molecule has 0 fully saturated rings. The molecule has 0 aliphatic heterocycles. The molecule has 0 spiro atoms. The van der Waals surface area contributed by atoms with Crippen LogP contribution in [-0.4, -0.2) is 5.91 Å². The number of nitrogen functional groups attached to an aromatic ring is 1. The maximum absolute atomic E-state index is 11.4. The van der Waals surface area contributed by atoms with E-state index in [0.717, 1.165) is 9.37 Å². The number of thioether (sulfide) groups is 1. The first-order valence-electron chi connectivity index (χ1n) is 5.16. The summed E-state index contributed by atoms with van der Waals surface area (Å²) in [6, 6.07) is 9.54. The van der Waals surface area contributed by atoms with Crippen molar-refractivity contribution >= 4 is 33.6 Å². The summed E-state index contributed by atoms with van der Waals surface area (Å²) >= 11 is 5.00. The van der Waals surface area contributed by atoms with Gasteiger partial charge in [0.25, 0.3) is 5.91 Å². The van der Waals surface area contributed by atoms with Gasteiger partial charge in [-0.15, -0.1) is 11.8 Å². The number of hydrazine groups is 1. The van der Waals surface area contributed by atoms with Crippen molar-refractivity contribution in [3.8, 4) is 0 Å². The molecule has 2 rings (SSSR count). The Balaban J connectivity index is 2.07. The van der Waals surface area contributed by atoms with Crippen molar-refractivity contribution in [2.75, 3.05) is 0 Å². The first-order chi connectivity index (χ1) is 8.70. The van der Waals surface area contributed by atoms with Gasteiger partial charge in [0.2, 0.25) is 0 Å². The molecule has 0 radical (unpaired) electrons. The van der Waals surface area contributed by atoms with Crippen molar-refractivity contribution < 1.29 is 9.21 Å². The highest BCUT2D eigenvalue weighted by Crippen LogP contribution is 2.27.